The van der Waals surface area contributed by atoms with Gasteiger partial charge in [-0.25, -0.2) is 0 Å². The minimum absolute atomic E-state index is 0.139. The van der Waals surface area contributed by atoms with Gasteiger partial charge in [-0.15, -0.1) is 0 Å². The smallest absolute Gasteiger partial charge is 0.264 e. The summed E-state index contributed by atoms with van der Waals surface area (Å²) in [4.78, 5) is 14.8. The Hall–Kier alpha value is -1.88. The van der Waals surface area contributed by atoms with Crippen molar-refractivity contribution in [3.05, 3.63) is 40.5 Å². The van der Waals surface area contributed by atoms with Crippen molar-refractivity contribution < 1.29 is 14.1 Å². The van der Waals surface area contributed by atoms with E-state index in [1.54, 1.807) is 12.1 Å². The summed E-state index contributed by atoms with van der Waals surface area (Å²) < 4.78 is 10.5. The molecule has 6 heteroatoms. The van der Waals surface area contributed by atoms with Gasteiger partial charge >= 0.3 is 0 Å². The van der Waals surface area contributed by atoms with Crippen LogP contribution in [-0.4, -0.2) is 16.4 Å². The van der Waals surface area contributed by atoms with Crippen molar-refractivity contribution in [3.63, 3.8) is 0 Å². The number of benzene rings is 1. The average Bonchev–Trinajstić information content (AvgIpc) is 2.86. The number of rotatable bonds is 5. The van der Waals surface area contributed by atoms with E-state index in [1.165, 1.54) is 6.07 Å². The van der Waals surface area contributed by atoms with Crippen molar-refractivity contribution in [3.8, 4) is 5.75 Å². The zero-order valence-electron chi connectivity index (χ0n) is 10.6. The summed E-state index contributed by atoms with van der Waals surface area (Å²) >= 11 is 5.98. The molecular formula is C13H13ClN2O3. The SMILES string of the molecule is CC(C)c1noc(COc2ccc(C=O)cc2Cl)n1. The van der Waals surface area contributed by atoms with Crippen molar-refractivity contribution in [2.75, 3.05) is 0 Å². The molecule has 0 saturated heterocycles. The molecule has 0 unspecified atom stereocenters. The predicted molar refractivity (Wildman–Crippen MR) is 69.6 cm³/mol. The third-order valence-electron chi connectivity index (χ3n) is 2.44. The molecule has 1 aromatic heterocycles. The van der Waals surface area contributed by atoms with E-state index < -0.39 is 0 Å². The van der Waals surface area contributed by atoms with Crippen LogP contribution in [-0.2, 0) is 6.61 Å². The number of hydrogen-bond donors (Lipinski definition) is 0. The van der Waals surface area contributed by atoms with Crippen LogP contribution in [0.5, 0.6) is 5.75 Å². The molecule has 0 aliphatic carbocycles. The first-order chi connectivity index (χ1) is 9.10. The largest absolute Gasteiger partial charge is 0.482 e. The number of halogens is 1. The van der Waals surface area contributed by atoms with Crippen LogP contribution in [0.15, 0.2) is 22.7 Å². The Kier molecular flexibility index (Phi) is 4.16. The van der Waals surface area contributed by atoms with E-state index in [0.29, 0.717) is 28.1 Å². The fraction of sp³-hybridized carbons (Fsp3) is 0.308. The summed E-state index contributed by atoms with van der Waals surface area (Å²) in [6, 6.07) is 4.80. The maximum Gasteiger partial charge on any atom is 0.264 e. The number of aromatic nitrogens is 2. The lowest BCUT2D eigenvalue weighted by Crippen LogP contribution is -1.97. The van der Waals surface area contributed by atoms with E-state index in [-0.39, 0.29) is 12.5 Å². The summed E-state index contributed by atoms with van der Waals surface area (Å²) in [6.07, 6.45) is 0.725. The molecular weight excluding hydrogens is 268 g/mol. The standard InChI is InChI=1S/C13H13ClN2O3/c1-8(2)13-15-12(19-16-13)7-18-11-4-3-9(6-17)5-10(11)14/h3-6,8H,7H2,1-2H3. The Balaban J connectivity index is 2.03. The third kappa shape index (κ3) is 3.32. The van der Waals surface area contributed by atoms with Crippen LogP contribution in [0.4, 0.5) is 0 Å². The van der Waals surface area contributed by atoms with Gasteiger partial charge in [0.2, 0.25) is 0 Å². The molecule has 0 radical (unpaired) electrons. The molecule has 1 heterocycles. The van der Waals surface area contributed by atoms with E-state index in [4.69, 9.17) is 20.9 Å². The highest BCUT2D eigenvalue weighted by Gasteiger charge is 2.11. The number of hydrogen-bond acceptors (Lipinski definition) is 5. The highest BCUT2D eigenvalue weighted by atomic mass is 35.5. The minimum atomic E-state index is 0.139. The molecule has 0 atom stereocenters. The Morgan fingerprint density at radius 2 is 2.26 bits per heavy atom. The Morgan fingerprint density at radius 3 is 2.84 bits per heavy atom. The molecule has 2 rings (SSSR count). The fourth-order valence-electron chi connectivity index (χ4n) is 1.41. The van der Waals surface area contributed by atoms with E-state index >= 15 is 0 Å². The van der Waals surface area contributed by atoms with Crippen molar-refractivity contribution in [1.82, 2.24) is 10.1 Å². The molecule has 19 heavy (non-hydrogen) atoms. The molecule has 0 bridgehead atoms. The first-order valence-electron chi connectivity index (χ1n) is 5.80. The lowest BCUT2D eigenvalue weighted by atomic mass is 10.2. The predicted octanol–water partition coefficient (Wildman–Crippen LogP) is 3.24. The van der Waals surface area contributed by atoms with Crippen LogP contribution in [0.1, 0.15) is 41.8 Å². The zero-order valence-corrected chi connectivity index (χ0v) is 11.3. The minimum Gasteiger partial charge on any atom is -0.482 e. The summed E-state index contributed by atoms with van der Waals surface area (Å²) in [5.74, 6) is 1.70. The van der Waals surface area contributed by atoms with Crippen LogP contribution in [0.25, 0.3) is 0 Å². The highest BCUT2D eigenvalue weighted by molar-refractivity contribution is 6.32. The van der Waals surface area contributed by atoms with E-state index in [0.717, 1.165) is 6.29 Å². The molecule has 0 N–H and O–H groups in total. The molecule has 2 aromatic rings. The van der Waals surface area contributed by atoms with Crippen molar-refractivity contribution >= 4 is 17.9 Å². The lowest BCUT2D eigenvalue weighted by molar-refractivity contribution is 0.112. The summed E-state index contributed by atoms with van der Waals surface area (Å²) in [6.45, 7) is 4.09. The van der Waals surface area contributed by atoms with Gasteiger partial charge < -0.3 is 9.26 Å². The van der Waals surface area contributed by atoms with E-state index in [9.17, 15) is 4.79 Å². The van der Waals surface area contributed by atoms with Crippen molar-refractivity contribution in [2.45, 2.75) is 26.4 Å². The number of carbonyl (C=O) groups is 1. The van der Waals surface area contributed by atoms with Gasteiger partial charge in [-0.1, -0.05) is 30.6 Å². The van der Waals surface area contributed by atoms with Crippen LogP contribution < -0.4 is 4.74 Å². The highest BCUT2D eigenvalue weighted by Crippen LogP contribution is 2.25. The maximum absolute atomic E-state index is 10.6. The van der Waals surface area contributed by atoms with Crippen LogP contribution in [0.2, 0.25) is 5.02 Å². The van der Waals surface area contributed by atoms with Gasteiger partial charge in [0.05, 0.1) is 5.02 Å². The van der Waals surface area contributed by atoms with E-state index in [2.05, 4.69) is 10.1 Å². The summed E-state index contributed by atoms with van der Waals surface area (Å²) in [5, 5.41) is 4.20. The van der Waals surface area contributed by atoms with Gasteiger partial charge in [-0.3, -0.25) is 4.79 Å². The second-order valence-corrected chi connectivity index (χ2v) is 4.70. The van der Waals surface area contributed by atoms with E-state index in [1.807, 2.05) is 13.8 Å². The zero-order chi connectivity index (χ0) is 13.8. The molecule has 0 amide bonds. The number of ether oxygens (including phenoxy) is 1. The topological polar surface area (TPSA) is 65.2 Å². The van der Waals surface area contributed by atoms with Gasteiger partial charge in [0.15, 0.2) is 12.4 Å². The van der Waals surface area contributed by atoms with Gasteiger partial charge in [0.1, 0.15) is 12.0 Å². The molecule has 100 valence electrons. The first kappa shape index (κ1) is 13.5. The second kappa shape index (κ2) is 5.84. The molecule has 0 saturated carbocycles. The maximum atomic E-state index is 10.6. The second-order valence-electron chi connectivity index (χ2n) is 4.30. The van der Waals surface area contributed by atoms with Crippen LogP contribution in [0.3, 0.4) is 0 Å². The normalized spacial score (nSPS) is 10.7. The number of nitrogens with zero attached hydrogens (tertiary/aromatic N) is 2. The van der Waals surface area contributed by atoms with Crippen LogP contribution in [0, 0.1) is 0 Å². The number of carbonyl (C=O) groups excluding carboxylic acids is 1. The van der Waals surface area contributed by atoms with Gasteiger partial charge in [-0.2, -0.15) is 4.98 Å². The fourth-order valence-corrected chi connectivity index (χ4v) is 1.65. The van der Waals surface area contributed by atoms with Crippen molar-refractivity contribution in [1.29, 1.82) is 0 Å². The Morgan fingerprint density at radius 1 is 1.47 bits per heavy atom. The summed E-state index contributed by atoms with van der Waals surface area (Å²) in [5.41, 5.74) is 0.497. The summed E-state index contributed by atoms with van der Waals surface area (Å²) in [7, 11) is 0. The molecule has 0 aliphatic heterocycles. The molecule has 0 aliphatic rings. The first-order valence-corrected chi connectivity index (χ1v) is 6.18. The Labute approximate surface area is 115 Å². The Bertz CT molecular complexity index is 581. The third-order valence-corrected chi connectivity index (χ3v) is 2.74. The van der Waals surface area contributed by atoms with Gasteiger partial charge in [-0.05, 0) is 18.2 Å². The van der Waals surface area contributed by atoms with Gasteiger partial charge in [0, 0.05) is 11.5 Å². The monoisotopic (exact) mass is 280 g/mol. The molecule has 0 spiro atoms. The number of aldehydes is 1. The molecule has 5 nitrogen and oxygen atoms in total. The molecule has 1 aromatic carbocycles. The van der Waals surface area contributed by atoms with Crippen molar-refractivity contribution in [2.24, 2.45) is 0 Å². The lowest BCUT2D eigenvalue weighted by Gasteiger charge is -2.05. The average molecular weight is 281 g/mol. The van der Waals surface area contributed by atoms with Crippen LogP contribution >= 0.6 is 11.6 Å². The molecule has 0 fully saturated rings. The quantitative estimate of drug-likeness (QED) is 0.787. The van der Waals surface area contributed by atoms with Gasteiger partial charge in [0.25, 0.3) is 5.89 Å².